The van der Waals surface area contributed by atoms with Gasteiger partial charge in [-0.3, -0.25) is 10.9 Å². The van der Waals surface area contributed by atoms with Gasteiger partial charge in [0.2, 0.25) is 0 Å². The van der Waals surface area contributed by atoms with Gasteiger partial charge >= 0.3 is 0 Å². The molecule has 0 saturated heterocycles. The molecule has 2 aromatic heterocycles. The minimum Gasteiger partial charge on any atom is -0.340 e. The van der Waals surface area contributed by atoms with Crippen LogP contribution in [0.2, 0.25) is 0 Å². The number of hydrazine groups is 1. The van der Waals surface area contributed by atoms with Gasteiger partial charge in [0.05, 0.1) is 12.0 Å². The van der Waals surface area contributed by atoms with E-state index in [4.69, 9.17) is 0 Å². The lowest BCUT2D eigenvalue weighted by molar-refractivity contribution is 0.607. The van der Waals surface area contributed by atoms with Gasteiger partial charge in [0.1, 0.15) is 11.8 Å². The number of imidazole rings is 1. The van der Waals surface area contributed by atoms with Crippen LogP contribution >= 0.6 is 0 Å². The zero-order valence-corrected chi connectivity index (χ0v) is 14.8. The van der Waals surface area contributed by atoms with Gasteiger partial charge in [-0.15, -0.1) is 0 Å². The summed E-state index contributed by atoms with van der Waals surface area (Å²) < 4.78 is 0. The van der Waals surface area contributed by atoms with Crippen LogP contribution in [0.4, 0.5) is 11.5 Å². The van der Waals surface area contributed by atoms with Crippen molar-refractivity contribution in [1.82, 2.24) is 19.9 Å². The number of nitrogens with one attached hydrogen (secondary N) is 3. The summed E-state index contributed by atoms with van der Waals surface area (Å²) in [4.78, 5) is 15.5. The first kappa shape index (κ1) is 17.2. The molecule has 0 fully saturated rings. The van der Waals surface area contributed by atoms with Crippen LogP contribution in [-0.4, -0.2) is 19.9 Å². The molecule has 6 heteroatoms. The molecule has 3 aromatic rings. The van der Waals surface area contributed by atoms with Crippen LogP contribution < -0.4 is 10.9 Å². The number of aromatic nitrogens is 4. The number of anilines is 2. The van der Waals surface area contributed by atoms with Crippen LogP contribution in [0.25, 0.3) is 11.2 Å². The third kappa shape index (κ3) is 4.92. The smallest absolute Gasteiger partial charge is 0.182 e. The Morgan fingerprint density at radius 3 is 2.52 bits per heavy atom. The first-order chi connectivity index (χ1) is 12.4. The van der Waals surface area contributed by atoms with Crippen LogP contribution in [0.1, 0.15) is 51.0 Å². The lowest BCUT2D eigenvalue weighted by Gasteiger charge is -2.10. The molecule has 1 aromatic carbocycles. The number of rotatable bonds is 10. The lowest BCUT2D eigenvalue weighted by Crippen LogP contribution is -2.10. The molecule has 3 rings (SSSR count). The fraction of sp³-hybridized carbons (Fsp3) is 0.421. The van der Waals surface area contributed by atoms with Gasteiger partial charge in [0.25, 0.3) is 0 Å². The first-order valence-corrected chi connectivity index (χ1v) is 9.12. The fourth-order valence-corrected chi connectivity index (χ4v) is 2.86. The SMILES string of the molecule is CCCCCCCCc1ccc(NNc2ncnc3nc[nH]c23)cc1. The van der Waals surface area contributed by atoms with E-state index < -0.39 is 0 Å². The number of unbranched alkanes of at least 4 members (excludes halogenated alkanes) is 5. The van der Waals surface area contributed by atoms with Crippen molar-refractivity contribution in [3.8, 4) is 0 Å². The summed E-state index contributed by atoms with van der Waals surface area (Å²) in [6.45, 7) is 2.26. The molecule has 0 saturated carbocycles. The molecule has 2 heterocycles. The van der Waals surface area contributed by atoms with Gasteiger partial charge in [-0.2, -0.15) is 0 Å². The average Bonchev–Trinajstić information content (AvgIpc) is 3.13. The third-order valence-corrected chi connectivity index (χ3v) is 4.32. The lowest BCUT2D eigenvalue weighted by atomic mass is 10.0. The highest BCUT2D eigenvalue weighted by Gasteiger charge is 2.04. The molecule has 0 atom stereocenters. The molecule has 0 bridgehead atoms. The van der Waals surface area contributed by atoms with E-state index in [9.17, 15) is 0 Å². The Morgan fingerprint density at radius 2 is 1.68 bits per heavy atom. The monoisotopic (exact) mass is 338 g/mol. The van der Waals surface area contributed by atoms with Crippen LogP contribution in [0, 0.1) is 0 Å². The summed E-state index contributed by atoms with van der Waals surface area (Å²) in [5.41, 5.74) is 10.1. The minimum absolute atomic E-state index is 0.647. The summed E-state index contributed by atoms with van der Waals surface area (Å²) >= 11 is 0. The zero-order chi connectivity index (χ0) is 17.3. The van der Waals surface area contributed by atoms with E-state index in [1.165, 1.54) is 50.4 Å². The quantitative estimate of drug-likeness (QED) is 0.369. The summed E-state index contributed by atoms with van der Waals surface area (Å²) in [5.74, 6) is 0.679. The Hall–Kier alpha value is -2.63. The highest BCUT2D eigenvalue weighted by Crippen LogP contribution is 2.16. The Kier molecular flexibility index (Phi) is 6.20. The van der Waals surface area contributed by atoms with E-state index in [1.54, 1.807) is 6.33 Å². The van der Waals surface area contributed by atoms with E-state index in [-0.39, 0.29) is 0 Å². The molecule has 0 spiro atoms. The number of hydrogen-bond acceptors (Lipinski definition) is 5. The summed E-state index contributed by atoms with van der Waals surface area (Å²) in [5, 5.41) is 0. The van der Waals surface area contributed by atoms with E-state index in [1.807, 2.05) is 0 Å². The minimum atomic E-state index is 0.647. The third-order valence-electron chi connectivity index (χ3n) is 4.32. The van der Waals surface area contributed by atoms with Crippen LogP contribution in [0.5, 0.6) is 0 Å². The van der Waals surface area contributed by atoms with Crippen molar-refractivity contribution in [3.05, 3.63) is 42.5 Å². The van der Waals surface area contributed by atoms with E-state index in [0.29, 0.717) is 11.5 Å². The highest BCUT2D eigenvalue weighted by molar-refractivity contribution is 5.82. The molecule has 0 aliphatic heterocycles. The molecule has 3 N–H and O–H groups in total. The molecule has 25 heavy (non-hydrogen) atoms. The molecule has 0 amide bonds. The van der Waals surface area contributed by atoms with Gasteiger partial charge in [-0.05, 0) is 30.5 Å². The van der Waals surface area contributed by atoms with Crippen molar-refractivity contribution in [3.63, 3.8) is 0 Å². The second-order valence-electron chi connectivity index (χ2n) is 6.29. The van der Waals surface area contributed by atoms with E-state index in [0.717, 1.165) is 17.6 Å². The number of H-pyrrole nitrogens is 1. The molecular formula is C19H26N6. The second kappa shape index (κ2) is 9.01. The van der Waals surface area contributed by atoms with Crippen molar-refractivity contribution in [2.45, 2.75) is 51.9 Å². The fourth-order valence-electron chi connectivity index (χ4n) is 2.86. The van der Waals surface area contributed by atoms with E-state index in [2.05, 4.69) is 62.0 Å². The molecule has 0 aliphatic rings. The number of aryl methyl sites for hydroxylation is 1. The van der Waals surface area contributed by atoms with Crippen molar-refractivity contribution in [1.29, 1.82) is 0 Å². The van der Waals surface area contributed by atoms with Gasteiger partial charge in [-0.25, -0.2) is 15.0 Å². The van der Waals surface area contributed by atoms with Gasteiger partial charge in [-0.1, -0.05) is 51.2 Å². The molecule has 0 radical (unpaired) electrons. The average molecular weight is 338 g/mol. The van der Waals surface area contributed by atoms with Crippen LogP contribution in [0.15, 0.2) is 36.9 Å². The van der Waals surface area contributed by atoms with Gasteiger partial charge in [0.15, 0.2) is 11.5 Å². The predicted molar refractivity (Wildman–Crippen MR) is 102 cm³/mol. The van der Waals surface area contributed by atoms with E-state index >= 15 is 0 Å². The number of hydrogen-bond donors (Lipinski definition) is 3. The molecular weight excluding hydrogens is 312 g/mol. The predicted octanol–water partition coefficient (Wildman–Crippen LogP) is 4.69. The number of fused-ring (bicyclic) bond motifs is 1. The Bertz CT molecular complexity index is 765. The Labute approximate surface area is 148 Å². The van der Waals surface area contributed by atoms with Crippen LogP contribution in [0.3, 0.4) is 0 Å². The summed E-state index contributed by atoms with van der Waals surface area (Å²) in [7, 11) is 0. The van der Waals surface area contributed by atoms with Gasteiger partial charge < -0.3 is 4.98 Å². The molecule has 132 valence electrons. The Morgan fingerprint density at radius 1 is 0.880 bits per heavy atom. The van der Waals surface area contributed by atoms with Crippen molar-refractivity contribution in [2.75, 3.05) is 10.9 Å². The standard InChI is InChI=1S/C19H26N6/c1-2-3-4-5-6-7-8-15-9-11-16(12-10-15)24-25-19-17-18(21-13-20-17)22-14-23-19/h9-14,24H,2-8H2,1H3,(H2,20,21,22,23,25). The summed E-state index contributed by atoms with van der Waals surface area (Å²) in [6, 6.07) is 8.54. The zero-order valence-electron chi connectivity index (χ0n) is 14.8. The maximum Gasteiger partial charge on any atom is 0.182 e. The summed E-state index contributed by atoms with van der Waals surface area (Å²) in [6.07, 6.45) is 12.3. The Balaban J connectivity index is 1.45. The maximum absolute atomic E-state index is 4.23. The highest BCUT2D eigenvalue weighted by atomic mass is 15.4. The number of aromatic amines is 1. The second-order valence-corrected chi connectivity index (χ2v) is 6.29. The number of nitrogens with zero attached hydrogens (tertiary/aromatic N) is 3. The van der Waals surface area contributed by atoms with Crippen molar-refractivity contribution in [2.24, 2.45) is 0 Å². The van der Waals surface area contributed by atoms with Crippen molar-refractivity contribution >= 4 is 22.7 Å². The largest absolute Gasteiger partial charge is 0.340 e. The van der Waals surface area contributed by atoms with Gasteiger partial charge in [0, 0.05) is 0 Å². The molecule has 0 unspecified atom stereocenters. The number of benzene rings is 1. The van der Waals surface area contributed by atoms with Crippen LogP contribution in [-0.2, 0) is 6.42 Å². The topological polar surface area (TPSA) is 78.5 Å². The maximum atomic E-state index is 4.23. The first-order valence-electron chi connectivity index (χ1n) is 9.12. The molecule has 6 nitrogen and oxygen atoms in total. The normalized spacial score (nSPS) is 10.9. The van der Waals surface area contributed by atoms with Crippen molar-refractivity contribution < 1.29 is 0 Å². The molecule has 0 aliphatic carbocycles.